The summed E-state index contributed by atoms with van der Waals surface area (Å²) in [6.07, 6.45) is 1.70. The first-order valence-corrected chi connectivity index (χ1v) is 9.67. The molecule has 1 aromatic rings. The second kappa shape index (κ2) is 8.04. The zero-order valence-corrected chi connectivity index (χ0v) is 15.7. The van der Waals surface area contributed by atoms with E-state index in [1.165, 1.54) is 5.06 Å². The maximum absolute atomic E-state index is 12.7. The number of nitrogens with one attached hydrogen (secondary N) is 2. The van der Waals surface area contributed by atoms with Gasteiger partial charge in [0.05, 0.1) is 18.2 Å². The molecule has 9 heteroatoms. The standard InChI is InChI=1S/C19H26N4O5/c24-17(21-27-9-8-19(26)12-20-13-19)16-7-6-15-10-22(16)18(25)23(15)28-11-14-4-2-1-3-5-14/h1-5,15-16,20,26H,6-13H2,(H,21,24)/t15-,16+/m1/s1. The highest BCUT2D eigenvalue weighted by molar-refractivity contribution is 5.88. The van der Waals surface area contributed by atoms with Crippen LogP contribution in [-0.4, -0.2) is 70.9 Å². The number of fused-ring (bicyclic) bond motifs is 2. The molecule has 4 rings (SSSR count). The number of rotatable bonds is 8. The summed E-state index contributed by atoms with van der Waals surface area (Å²) < 4.78 is 0. The number of amides is 3. The van der Waals surface area contributed by atoms with Crippen LogP contribution in [0.1, 0.15) is 24.8 Å². The first-order chi connectivity index (χ1) is 13.6. The maximum Gasteiger partial charge on any atom is 0.345 e. The van der Waals surface area contributed by atoms with E-state index < -0.39 is 11.6 Å². The third-order valence-corrected chi connectivity index (χ3v) is 5.59. The lowest BCUT2D eigenvalue weighted by Gasteiger charge is -2.37. The highest BCUT2D eigenvalue weighted by Crippen LogP contribution is 2.30. The van der Waals surface area contributed by atoms with Gasteiger partial charge in [0.2, 0.25) is 0 Å². The van der Waals surface area contributed by atoms with Gasteiger partial charge in [0.25, 0.3) is 5.91 Å². The Kier molecular flexibility index (Phi) is 5.49. The number of hydroxylamine groups is 3. The van der Waals surface area contributed by atoms with Crippen LogP contribution >= 0.6 is 0 Å². The van der Waals surface area contributed by atoms with Gasteiger partial charge < -0.3 is 15.3 Å². The summed E-state index contributed by atoms with van der Waals surface area (Å²) >= 11 is 0. The second-order valence-electron chi connectivity index (χ2n) is 7.66. The molecule has 0 aliphatic carbocycles. The first-order valence-electron chi connectivity index (χ1n) is 9.67. The van der Waals surface area contributed by atoms with Crippen molar-refractivity contribution < 1.29 is 24.4 Å². The molecule has 28 heavy (non-hydrogen) atoms. The van der Waals surface area contributed by atoms with E-state index in [2.05, 4.69) is 10.8 Å². The van der Waals surface area contributed by atoms with E-state index >= 15 is 0 Å². The lowest BCUT2D eigenvalue weighted by atomic mass is 9.94. The molecule has 2 bridgehead atoms. The Morgan fingerprint density at radius 3 is 2.79 bits per heavy atom. The van der Waals surface area contributed by atoms with E-state index in [1.54, 1.807) is 4.90 Å². The molecule has 9 nitrogen and oxygen atoms in total. The number of benzene rings is 1. The van der Waals surface area contributed by atoms with Crippen LogP contribution in [0, 0.1) is 0 Å². The van der Waals surface area contributed by atoms with Gasteiger partial charge in [0, 0.05) is 26.1 Å². The molecule has 3 aliphatic rings. The van der Waals surface area contributed by atoms with Crippen LogP contribution in [0.3, 0.4) is 0 Å². The lowest BCUT2D eigenvalue weighted by molar-refractivity contribution is -0.142. The lowest BCUT2D eigenvalue weighted by Crippen LogP contribution is -2.60. The minimum absolute atomic E-state index is 0.0402. The summed E-state index contributed by atoms with van der Waals surface area (Å²) in [6, 6.07) is 8.77. The van der Waals surface area contributed by atoms with E-state index in [0.717, 1.165) is 5.56 Å². The molecule has 0 spiro atoms. The average Bonchev–Trinajstić information content (AvgIpc) is 2.93. The molecule has 3 aliphatic heterocycles. The zero-order chi connectivity index (χ0) is 19.6. The smallest absolute Gasteiger partial charge is 0.345 e. The van der Waals surface area contributed by atoms with Gasteiger partial charge in [-0.2, -0.15) is 5.06 Å². The number of hydrogen-bond acceptors (Lipinski definition) is 6. The number of aliphatic hydroxyl groups is 1. The third kappa shape index (κ3) is 3.97. The average molecular weight is 390 g/mol. The zero-order valence-electron chi connectivity index (χ0n) is 15.7. The van der Waals surface area contributed by atoms with E-state index in [0.29, 0.717) is 45.5 Å². The topological polar surface area (TPSA) is 103 Å². The van der Waals surface area contributed by atoms with E-state index in [9.17, 15) is 14.7 Å². The Hall–Kier alpha value is -2.20. The molecule has 0 unspecified atom stereocenters. The molecule has 3 amide bonds. The van der Waals surface area contributed by atoms with Gasteiger partial charge in [-0.05, 0) is 18.4 Å². The number of hydrogen-bond donors (Lipinski definition) is 3. The van der Waals surface area contributed by atoms with Crippen molar-refractivity contribution in [3.8, 4) is 0 Å². The van der Waals surface area contributed by atoms with Gasteiger partial charge in [0.1, 0.15) is 12.6 Å². The van der Waals surface area contributed by atoms with Crippen molar-refractivity contribution in [1.29, 1.82) is 0 Å². The molecule has 3 N–H and O–H groups in total. The second-order valence-corrected chi connectivity index (χ2v) is 7.66. The van der Waals surface area contributed by atoms with E-state index in [-0.39, 0.29) is 24.6 Å². The van der Waals surface area contributed by atoms with Crippen LogP contribution in [0.15, 0.2) is 30.3 Å². The summed E-state index contributed by atoms with van der Waals surface area (Å²) in [5.74, 6) is -0.338. The molecule has 1 aromatic carbocycles. The number of nitrogens with zero attached hydrogens (tertiary/aromatic N) is 2. The highest BCUT2D eigenvalue weighted by atomic mass is 16.7. The molecule has 3 heterocycles. The van der Waals surface area contributed by atoms with Gasteiger partial charge in [-0.25, -0.2) is 10.3 Å². The predicted octanol–water partition coefficient (Wildman–Crippen LogP) is 0.159. The van der Waals surface area contributed by atoms with Crippen LogP contribution < -0.4 is 10.8 Å². The Labute approximate surface area is 163 Å². The predicted molar refractivity (Wildman–Crippen MR) is 98.5 cm³/mol. The van der Waals surface area contributed by atoms with Crippen LogP contribution in [0.25, 0.3) is 0 Å². The molecule has 152 valence electrons. The summed E-state index contributed by atoms with van der Waals surface area (Å²) in [4.78, 5) is 37.7. The fourth-order valence-corrected chi connectivity index (χ4v) is 3.81. The van der Waals surface area contributed by atoms with Crippen LogP contribution in [-0.2, 0) is 21.1 Å². The van der Waals surface area contributed by atoms with Crippen molar-refractivity contribution in [2.75, 3.05) is 26.2 Å². The summed E-state index contributed by atoms with van der Waals surface area (Å²) in [6.45, 7) is 2.08. The van der Waals surface area contributed by atoms with E-state index in [1.807, 2.05) is 30.3 Å². The van der Waals surface area contributed by atoms with Crippen molar-refractivity contribution in [1.82, 2.24) is 20.8 Å². The van der Waals surface area contributed by atoms with Crippen molar-refractivity contribution in [2.24, 2.45) is 0 Å². The Morgan fingerprint density at radius 2 is 2.07 bits per heavy atom. The summed E-state index contributed by atoms with van der Waals surface area (Å²) in [5.41, 5.74) is 2.66. The molecule has 3 fully saturated rings. The molecule has 0 saturated carbocycles. The number of carbonyl (C=O) groups is 2. The van der Waals surface area contributed by atoms with Gasteiger partial charge >= 0.3 is 6.03 Å². The number of piperidine rings is 1. The number of carbonyl (C=O) groups excluding carboxylic acids is 2. The molecular weight excluding hydrogens is 364 g/mol. The van der Waals surface area contributed by atoms with E-state index in [4.69, 9.17) is 9.68 Å². The van der Waals surface area contributed by atoms with Crippen molar-refractivity contribution in [3.05, 3.63) is 35.9 Å². The fraction of sp³-hybridized carbons (Fsp3) is 0.579. The number of urea groups is 1. The van der Waals surface area contributed by atoms with Crippen LogP contribution in [0.5, 0.6) is 0 Å². The number of β-amino-alcohol motifs (C(OH)–C–C–N with tert-alkyl or cyclic N) is 1. The SMILES string of the molecule is O=C(NOCCC1(O)CNC1)[C@@H]1CC[C@@H]2CN1C(=O)N2OCc1ccccc1. The van der Waals surface area contributed by atoms with Crippen LogP contribution in [0.2, 0.25) is 0 Å². The maximum atomic E-state index is 12.7. The molecule has 2 atom stereocenters. The largest absolute Gasteiger partial charge is 0.387 e. The fourth-order valence-electron chi connectivity index (χ4n) is 3.81. The Morgan fingerprint density at radius 1 is 1.29 bits per heavy atom. The summed E-state index contributed by atoms with van der Waals surface area (Å²) in [5, 5.41) is 14.4. The quantitative estimate of drug-likeness (QED) is 0.432. The minimum atomic E-state index is -0.746. The van der Waals surface area contributed by atoms with Gasteiger partial charge in [-0.3, -0.25) is 14.5 Å². The molecule has 0 aromatic heterocycles. The summed E-state index contributed by atoms with van der Waals surface area (Å²) in [7, 11) is 0. The monoisotopic (exact) mass is 390 g/mol. The Balaban J connectivity index is 1.25. The van der Waals surface area contributed by atoms with Crippen molar-refractivity contribution in [3.63, 3.8) is 0 Å². The molecule has 0 radical (unpaired) electrons. The van der Waals surface area contributed by atoms with Crippen molar-refractivity contribution >= 4 is 11.9 Å². The van der Waals surface area contributed by atoms with Gasteiger partial charge in [-0.15, -0.1) is 0 Å². The van der Waals surface area contributed by atoms with Gasteiger partial charge in [0.15, 0.2) is 0 Å². The van der Waals surface area contributed by atoms with Crippen molar-refractivity contribution in [2.45, 2.75) is 43.6 Å². The van der Waals surface area contributed by atoms with Gasteiger partial charge in [-0.1, -0.05) is 30.3 Å². The molecule has 3 saturated heterocycles. The minimum Gasteiger partial charge on any atom is -0.387 e. The van der Waals surface area contributed by atoms with Crippen LogP contribution in [0.4, 0.5) is 4.79 Å². The third-order valence-electron chi connectivity index (χ3n) is 5.59. The molecular formula is C19H26N4O5. The Bertz CT molecular complexity index is 712. The first kappa shape index (κ1) is 19.1. The highest BCUT2D eigenvalue weighted by Gasteiger charge is 2.48. The normalized spacial score (nSPS) is 25.5.